The molecule has 1 unspecified atom stereocenters. The van der Waals surface area contributed by atoms with Gasteiger partial charge in [0.15, 0.2) is 11.6 Å². The van der Waals surface area contributed by atoms with Gasteiger partial charge in [0.2, 0.25) is 5.91 Å². The van der Waals surface area contributed by atoms with Crippen molar-refractivity contribution >= 4 is 17.4 Å². The van der Waals surface area contributed by atoms with Crippen LogP contribution in [0.3, 0.4) is 0 Å². The highest BCUT2D eigenvalue weighted by atomic mass is 16.5. The van der Waals surface area contributed by atoms with Gasteiger partial charge in [-0.3, -0.25) is 4.79 Å². The Kier molecular flexibility index (Phi) is 3.72. The molecule has 2 saturated heterocycles. The lowest BCUT2D eigenvalue weighted by Crippen LogP contribution is -2.56. The van der Waals surface area contributed by atoms with Crippen LogP contribution >= 0.6 is 0 Å². The summed E-state index contributed by atoms with van der Waals surface area (Å²) >= 11 is 0. The number of hydrogen-bond acceptors (Lipinski definition) is 6. The van der Waals surface area contributed by atoms with Crippen molar-refractivity contribution in [1.82, 2.24) is 15.2 Å². The molecule has 0 saturated carbocycles. The Morgan fingerprint density at radius 2 is 2.13 bits per heavy atom. The summed E-state index contributed by atoms with van der Waals surface area (Å²) in [5.74, 6) is 2.00. The summed E-state index contributed by atoms with van der Waals surface area (Å²) < 4.78 is 5.95. The topological polar surface area (TPSA) is 60.9 Å². The third-order valence-electron chi connectivity index (χ3n) is 4.96. The Hall–Kier alpha value is -2.02. The molecule has 124 valence electrons. The first-order valence-corrected chi connectivity index (χ1v) is 8.33. The van der Waals surface area contributed by atoms with Crippen LogP contribution in [0.2, 0.25) is 0 Å². The molecular weight excluding hydrogens is 294 g/mol. The lowest BCUT2D eigenvalue weighted by Gasteiger charge is -2.41. The number of fused-ring (bicyclic) bond motifs is 3. The first-order valence-electron chi connectivity index (χ1n) is 8.33. The van der Waals surface area contributed by atoms with E-state index >= 15 is 0 Å². The molecule has 23 heavy (non-hydrogen) atoms. The molecule has 0 radical (unpaired) electrons. The van der Waals surface area contributed by atoms with E-state index in [-0.39, 0.29) is 5.91 Å². The van der Waals surface area contributed by atoms with E-state index in [1.165, 1.54) is 0 Å². The summed E-state index contributed by atoms with van der Waals surface area (Å²) in [6.45, 7) is 8.50. The van der Waals surface area contributed by atoms with E-state index in [4.69, 9.17) is 4.74 Å². The standard InChI is InChI=1S/C16H23N5O2/c1-12(22)19-4-6-20(7-5-19)13-8-15-16(18-10-13)21-3-2-17-9-14(21)11-23-15/h8,10,14,17H,2-7,9,11H2,1H3. The van der Waals surface area contributed by atoms with Gasteiger partial charge in [0, 0.05) is 58.8 Å². The molecule has 4 heterocycles. The Bertz CT molecular complexity index is 600. The zero-order valence-corrected chi connectivity index (χ0v) is 13.5. The highest BCUT2D eigenvalue weighted by Crippen LogP contribution is 2.35. The third-order valence-corrected chi connectivity index (χ3v) is 4.96. The van der Waals surface area contributed by atoms with Gasteiger partial charge in [-0.2, -0.15) is 0 Å². The second-order valence-electron chi connectivity index (χ2n) is 6.37. The van der Waals surface area contributed by atoms with E-state index in [9.17, 15) is 4.79 Å². The maximum Gasteiger partial charge on any atom is 0.219 e. The predicted octanol–water partition coefficient (Wildman–Crippen LogP) is -0.0793. The number of carbonyl (C=O) groups excluding carboxylic acids is 1. The zero-order chi connectivity index (χ0) is 15.8. The SMILES string of the molecule is CC(=O)N1CCN(c2cnc3c(c2)OCC2CNCCN32)CC1. The Morgan fingerprint density at radius 3 is 2.91 bits per heavy atom. The average Bonchev–Trinajstić information content (AvgIpc) is 2.61. The van der Waals surface area contributed by atoms with Crippen LogP contribution in [0.5, 0.6) is 5.75 Å². The molecule has 3 aliphatic heterocycles. The van der Waals surface area contributed by atoms with Crippen LogP contribution in [-0.4, -0.2) is 74.3 Å². The van der Waals surface area contributed by atoms with Crippen LogP contribution < -0.4 is 19.9 Å². The van der Waals surface area contributed by atoms with Crippen molar-refractivity contribution in [3.05, 3.63) is 12.3 Å². The van der Waals surface area contributed by atoms with E-state index in [0.29, 0.717) is 12.6 Å². The second-order valence-corrected chi connectivity index (χ2v) is 6.37. The Balaban J connectivity index is 1.51. The Labute approximate surface area is 136 Å². The van der Waals surface area contributed by atoms with Gasteiger partial charge >= 0.3 is 0 Å². The van der Waals surface area contributed by atoms with E-state index in [2.05, 4.69) is 26.2 Å². The summed E-state index contributed by atoms with van der Waals surface area (Å²) in [6, 6.07) is 2.48. The molecule has 1 N–H and O–H groups in total. The number of aromatic nitrogens is 1. The minimum atomic E-state index is 0.154. The monoisotopic (exact) mass is 317 g/mol. The highest BCUT2D eigenvalue weighted by Gasteiger charge is 2.31. The molecule has 7 heteroatoms. The summed E-state index contributed by atoms with van der Waals surface area (Å²) in [4.78, 5) is 22.6. The van der Waals surface area contributed by atoms with Crippen LogP contribution in [-0.2, 0) is 4.79 Å². The molecule has 4 rings (SSSR count). The minimum absolute atomic E-state index is 0.154. The van der Waals surface area contributed by atoms with Crippen molar-refractivity contribution in [2.75, 3.05) is 62.2 Å². The smallest absolute Gasteiger partial charge is 0.219 e. The lowest BCUT2D eigenvalue weighted by molar-refractivity contribution is -0.129. The highest BCUT2D eigenvalue weighted by molar-refractivity contribution is 5.73. The van der Waals surface area contributed by atoms with Crippen LogP contribution in [0.1, 0.15) is 6.92 Å². The van der Waals surface area contributed by atoms with E-state index in [0.717, 1.165) is 63.1 Å². The number of ether oxygens (including phenoxy) is 1. The number of piperazine rings is 2. The summed E-state index contributed by atoms with van der Waals surface area (Å²) in [7, 11) is 0. The minimum Gasteiger partial charge on any atom is -0.487 e. The first kappa shape index (κ1) is 14.6. The van der Waals surface area contributed by atoms with E-state index in [1.807, 2.05) is 11.1 Å². The predicted molar refractivity (Wildman–Crippen MR) is 88.2 cm³/mol. The fourth-order valence-corrected chi connectivity index (χ4v) is 3.58. The molecule has 7 nitrogen and oxygen atoms in total. The number of rotatable bonds is 1. The third kappa shape index (κ3) is 2.69. The summed E-state index contributed by atoms with van der Waals surface area (Å²) in [5, 5.41) is 3.40. The average molecular weight is 317 g/mol. The number of pyridine rings is 1. The molecule has 0 bridgehead atoms. The molecule has 0 aromatic carbocycles. The second kappa shape index (κ2) is 5.88. The first-order chi connectivity index (χ1) is 11.2. The summed E-state index contributed by atoms with van der Waals surface area (Å²) in [5.41, 5.74) is 1.08. The van der Waals surface area contributed by atoms with E-state index in [1.54, 1.807) is 6.92 Å². The molecule has 2 fully saturated rings. The van der Waals surface area contributed by atoms with Crippen molar-refractivity contribution in [1.29, 1.82) is 0 Å². The fraction of sp³-hybridized carbons (Fsp3) is 0.625. The van der Waals surface area contributed by atoms with Crippen LogP contribution in [0, 0.1) is 0 Å². The van der Waals surface area contributed by atoms with Crippen LogP contribution in [0.15, 0.2) is 12.3 Å². The van der Waals surface area contributed by atoms with Gasteiger partial charge in [-0.05, 0) is 0 Å². The van der Waals surface area contributed by atoms with E-state index < -0.39 is 0 Å². The molecule has 0 aliphatic carbocycles. The number of anilines is 2. The number of nitrogens with one attached hydrogen (secondary N) is 1. The number of hydrogen-bond donors (Lipinski definition) is 1. The van der Waals surface area contributed by atoms with Gasteiger partial charge in [-0.15, -0.1) is 0 Å². The lowest BCUT2D eigenvalue weighted by atomic mass is 10.1. The van der Waals surface area contributed by atoms with Gasteiger partial charge < -0.3 is 24.8 Å². The normalized spacial score (nSPS) is 23.9. The number of nitrogens with zero attached hydrogens (tertiary/aromatic N) is 4. The van der Waals surface area contributed by atoms with Gasteiger partial charge in [0.25, 0.3) is 0 Å². The van der Waals surface area contributed by atoms with Crippen LogP contribution in [0.25, 0.3) is 0 Å². The van der Waals surface area contributed by atoms with Crippen molar-refractivity contribution < 1.29 is 9.53 Å². The van der Waals surface area contributed by atoms with Crippen molar-refractivity contribution in [2.45, 2.75) is 13.0 Å². The number of amides is 1. The number of carbonyl (C=O) groups is 1. The van der Waals surface area contributed by atoms with Crippen molar-refractivity contribution in [2.24, 2.45) is 0 Å². The molecule has 1 aromatic heterocycles. The molecule has 3 aliphatic rings. The fourth-order valence-electron chi connectivity index (χ4n) is 3.58. The van der Waals surface area contributed by atoms with Gasteiger partial charge in [-0.1, -0.05) is 0 Å². The maximum atomic E-state index is 11.4. The van der Waals surface area contributed by atoms with Crippen molar-refractivity contribution in [3.8, 4) is 5.75 Å². The Morgan fingerprint density at radius 1 is 1.30 bits per heavy atom. The van der Waals surface area contributed by atoms with Gasteiger partial charge in [0.1, 0.15) is 6.61 Å². The maximum absolute atomic E-state index is 11.4. The molecular formula is C16H23N5O2. The molecule has 1 amide bonds. The van der Waals surface area contributed by atoms with Crippen LogP contribution in [0.4, 0.5) is 11.5 Å². The molecule has 1 aromatic rings. The molecule has 0 spiro atoms. The summed E-state index contributed by atoms with van der Waals surface area (Å²) in [6.07, 6.45) is 1.94. The van der Waals surface area contributed by atoms with Crippen molar-refractivity contribution in [3.63, 3.8) is 0 Å². The largest absolute Gasteiger partial charge is 0.487 e. The van der Waals surface area contributed by atoms with Gasteiger partial charge in [0.05, 0.1) is 17.9 Å². The zero-order valence-electron chi connectivity index (χ0n) is 13.5. The molecule has 1 atom stereocenters. The van der Waals surface area contributed by atoms with Gasteiger partial charge in [-0.25, -0.2) is 4.98 Å². The quantitative estimate of drug-likeness (QED) is 0.782.